The lowest BCUT2D eigenvalue weighted by Gasteiger charge is -2.26. The summed E-state index contributed by atoms with van der Waals surface area (Å²) in [5, 5.41) is 7.99. The van der Waals surface area contributed by atoms with Crippen LogP contribution in [0.1, 0.15) is 48.9 Å². The largest absolute Gasteiger partial charge is 0.0760 e. The molecule has 1 aliphatic rings. The Kier molecular flexibility index (Phi) is 5.27. The van der Waals surface area contributed by atoms with Gasteiger partial charge in [0.15, 0.2) is 0 Å². The molecule has 0 saturated heterocycles. The molecule has 0 saturated carbocycles. The summed E-state index contributed by atoms with van der Waals surface area (Å²) >= 11 is 0. The van der Waals surface area contributed by atoms with Crippen LogP contribution >= 0.6 is 0 Å². The highest BCUT2D eigenvalue weighted by atomic mass is 14.3. The Morgan fingerprint density at radius 1 is 0.605 bits per heavy atom. The molecule has 1 aliphatic carbocycles. The first-order valence-electron chi connectivity index (χ1n) is 13.7. The number of allylic oxidation sites excluding steroid dienone is 1. The third kappa shape index (κ3) is 3.75. The summed E-state index contributed by atoms with van der Waals surface area (Å²) in [6.07, 6.45) is 5.78. The van der Waals surface area contributed by atoms with Crippen LogP contribution in [0.4, 0.5) is 0 Å². The average molecular weight is 489 g/mol. The van der Waals surface area contributed by atoms with Crippen LogP contribution < -0.4 is 0 Å². The minimum atomic E-state index is 0.0737. The van der Waals surface area contributed by atoms with Crippen LogP contribution in [0.15, 0.2) is 115 Å². The van der Waals surface area contributed by atoms with Crippen LogP contribution in [-0.2, 0) is 11.8 Å². The van der Waals surface area contributed by atoms with Gasteiger partial charge in [-0.3, -0.25) is 0 Å². The van der Waals surface area contributed by atoms with E-state index in [0.29, 0.717) is 5.92 Å². The quantitative estimate of drug-likeness (QED) is 0.213. The summed E-state index contributed by atoms with van der Waals surface area (Å²) in [5.74, 6) is 0.337. The van der Waals surface area contributed by atoms with Gasteiger partial charge < -0.3 is 0 Å². The molecule has 184 valence electrons. The van der Waals surface area contributed by atoms with Crippen molar-refractivity contribution in [3.8, 4) is 11.1 Å². The summed E-state index contributed by atoms with van der Waals surface area (Å²) in [6, 6.07) is 40.7. The average Bonchev–Trinajstić information content (AvgIpc) is 2.94. The van der Waals surface area contributed by atoms with Crippen LogP contribution in [0.25, 0.3) is 49.5 Å². The summed E-state index contributed by atoms with van der Waals surface area (Å²) in [5.41, 5.74) is 8.31. The second-order valence-corrected chi connectivity index (χ2v) is 11.8. The van der Waals surface area contributed by atoms with Gasteiger partial charge in [-0.2, -0.15) is 0 Å². The molecular formula is C38H32. The molecule has 1 atom stereocenters. The van der Waals surface area contributed by atoms with Gasteiger partial charge in [0.2, 0.25) is 0 Å². The third-order valence-corrected chi connectivity index (χ3v) is 8.34. The molecule has 1 unspecified atom stereocenters. The second kappa shape index (κ2) is 8.71. The van der Waals surface area contributed by atoms with E-state index in [0.717, 1.165) is 6.42 Å². The fourth-order valence-corrected chi connectivity index (χ4v) is 6.34. The van der Waals surface area contributed by atoms with Crippen molar-refractivity contribution in [2.75, 3.05) is 0 Å². The highest BCUT2D eigenvalue weighted by Gasteiger charge is 2.24. The number of rotatable bonds is 2. The van der Waals surface area contributed by atoms with Crippen molar-refractivity contribution in [3.05, 3.63) is 138 Å². The van der Waals surface area contributed by atoms with Crippen LogP contribution in [0.5, 0.6) is 0 Å². The second-order valence-electron chi connectivity index (χ2n) is 11.8. The molecule has 0 bridgehead atoms. The van der Waals surface area contributed by atoms with E-state index in [9.17, 15) is 0 Å². The van der Waals surface area contributed by atoms with Gasteiger partial charge >= 0.3 is 0 Å². The summed E-state index contributed by atoms with van der Waals surface area (Å²) in [7, 11) is 0. The van der Waals surface area contributed by atoms with E-state index >= 15 is 0 Å². The molecular weight excluding hydrogens is 456 g/mol. The minimum Gasteiger partial charge on any atom is -0.0760 e. The lowest BCUT2D eigenvalue weighted by molar-refractivity contribution is 0.591. The van der Waals surface area contributed by atoms with E-state index in [2.05, 4.69) is 142 Å². The molecule has 0 aromatic heterocycles. The molecule has 0 heteroatoms. The van der Waals surface area contributed by atoms with Gasteiger partial charge in [0, 0.05) is 5.92 Å². The van der Waals surface area contributed by atoms with Gasteiger partial charge in [0.25, 0.3) is 0 Å². The molecule has 0 heterocycles. The van der Waals surface area contributed by atoms with Crippen molar-refractivity contribution in [1.82, 2.24) is 0 Å². The summed E-state index contributed by atoms with van der Waals surface area (Å²) < 4.78 is 0. The van der Waals surface area contributed by atoms with E-state index in [1.54, 1.807) is 0 Å². The molecule has 7 rings (SSSR count). The van der Waals surface area contributed by atoms with Crippen LogP contribution in [0, 0.1) is 0 Å². The van der Waals surface area contributed by atoms with E-state index in [1.807, 2.05) is 0 Å². The Hall–Kier alpha value is -4.16. The van der Waals surface area contributed by atoms with Crippen LogP contribution in [0.2, 0.25) is 0 Å². The zero-order valence-electron chi connectivity index (χ0n) is 22.3. The highest BCUT2D eigenvalue weighted by molar-refractivity contribution is 6.16. The first-order valence-corrected chi connectivity index (χ1v) is 13.7. The van der Waals surface area contributed by atoms with Gasteiger partial charge in [-0.1, -0.05) is 130 Å². The Morgan fingerprint density at radius 2 is 1.32 bits per heavy atom. The lowest BCUT2D eigenvalue weighted by Crippen LogP contribution is -2.11. The third-order valence-electron chi connectivity index (χ3n) is 8.34. The van der Waals surface area contributed by atoms with E-state index in [4.69, 9.17) is 0 Å². The fourth-order valence-electron chi connectivity index (χ4n) is 6.34. The van der Waals surface area contributed by atoms with Gasteiger partial charge in [0.1, 0.15) is 0 Å². The number of hydrogen-bond acceptors (Lipinski definition) is 0. The van der Waals surface area contributed by atoms with E-state index < -0.39 is 0 Å². The number of hydrogen-bond donors (Lipinski definition) is 0. The Bertz CT molecular complexity index is 1880. The molecule has 0 amide bonds. The van der Waals surface area contributed by atoms with E-state index in [-0.39, 0.29) is 5.41 Å². The van der Waals surface area contributed by atoms with Gasteiger partial charge in [-0.25, -0.2) is 0 Å². The summed E-state index contributed by atoms with van der Waals surface area (Å²) in [6.45, 7) is 6.94. The number of benzene rings is 6. The molecule has 38 heavy (non-hydrogen) atoms. The molecule has 6 aromatic carbocycles. The Labute approximate surface area is 225 Å². The maximum Gasteiger partial charge on any atom is 0.00742 e. The molecule has 6 aromatic rings. The van der Waals surface area contributed by atoms with Gasteiger partial charge in [-0.15, -0.1) is 0 Å². The van der Waals surface area contributed by atoms with Crippen molar-refractivity contribution in [1.29, 1.82) is 0 Å². The molecule has 0 fully saturated rings. The zero-order chi connectivity index (χ0) is 25.9. The predicted octanol–water partition coefficient (Wildman–Crippen LogP) is 10.5. The Morgan fingerprint density at radius 3 is 2.16 bits per heavy atom. The first kappa shape index (κ1) is 23.0. The number of fused-ring (bicyclic) bond motifs is 4. The van der Waals surface area contributed by atoms with Crippen LogP contribution in [-0.4, -0.2) is 0 Å². The van der Waals surface area contributed by atoms with Gasteiger partial charge in [-0.05, 0) is 89.7 Å². The first-order chi connectivity index (χ1) is 18.5. The van der Waals surface area contributed by atoms with Crippen molar-refractivity contribution in [3.63, 3.8) is 0 Å². The standard InChI is InChI=1S/C38H32/c1-38(2,3)31-20-21-34-35(24-31)37(30-19-17-26-11-5-7-13-28(26)23-30)33-15-9-8-14-32(33)36(34)29-18-16-25-10-4-6-12-27(25)22-29/h4-21,23-24,29H,22H2,1-3H3. The molecule has 0 nitrogen and oxygen atoms in total. The van der Waals surface area contributed by atoms with Crippen LogP contribution in [0.3, 0.4) is 0 Å². The zero-order valence-corrected chi connectivity index (χ0v) is 22.3. The minimum absolute atomic E-state index is 0.0737. The Balaban J connectivity index is 1.57. The normalized spacial score (nSPS) is 15.3. The maximum absolute atomic E-state index is 2.47. The topological polar surface area (TPSA) is 0 Å². The van der Waals surface area contributed by atoms with Crippen molar-refractivity contribution < 1.29 is 0 Å². The van der Waals surface area contributed by atoms with E-state index in [1.165, 1.54) is 65.7 Å². The summed E-state index contributed by atoms with van der Waals surface area (Å²) in [4.78, 5) is 0. The molecule has 0 spiro atoms. The maximum atomic E-state index is 2.47. The molecule has 0 aliphatic heterocycles. The smallest absolute Gasteiger partial charge is 0.00742 e. The lowest BCUT2D eigenvalue weighted by atomic mass is 9.77. The highest BCUT2D eigenvalue weighted by Crippen LogP contribution is 2.45. The van der Waals surface area contributed by atoms with Crippen molar-refractivity contribution in [2.45, 2.75) is 38.5 Å². The van der Waals surface area contributed by atoms with Crippen molar-refractivity contribution >= 4 is 38.4 Å². The molecule has 0 radical (unpaired) electrons. The van der Waals surface area contributed by atoms with Crippen molar-refractivity contribution in [2.24, 2.45) is 0 Å². The van der Waals surface area contributed by atoms with Gasteiger partial charge in [0.05, 0.1) is 0 Å². The predicted molar refractivity (Wildman–Crippen MR) is 165 cm³/mol. The molecule has 0 N–H and O–H groups in total. The fraction of sp³-hybridized carbons (Fsp3) is 0.158. The monoisotopic (exact) mass is 488 g/mol. The SMILES string of the molecule is CC(C)(C)c1ccc2c(C3C=Cc4ccccc4C3)c3ccccc3c(-c3ccc4ccccc4c3)c2c1.